The van der Waals surface area contributed by atoms with Gasteiger partial charge in [-0.3, -0.25) is 4.98 Å². The molecule has 0 saturated heterocycles. The third kappa shape index (κ3) is 5.62. The number of aliphatic hydroxyl groups is 1. The van der Waals surface area contributed by atoms with Crippen LogP contribution >= 0.6 is 23.2 Å². The highest BCUT2D eigenvalue weighted by Gasteiger charge is 2.17. The fourth-order valence-corrected chi connectivity index (χ4v) is 3.15. The van der Waals surface area contributed by atoms with Gasteiger partial charge in [0.2, 0.25) is 0 Å². The Morgan fingerprint density at radius 2 is 2.04 bits per heavy atom. The zero-order chi connectivity index (χ0) is 17.4. The van der Waals surface area contributed by atoms with E-state index < -0.39 is 6.10 Å². The summed E-state index contributed by atoms with van der Waals surface area (Å²) in [5.74, 6) is 0. The van der Waals surface area contributed by atoms with Crippen LogP contribution < -0.4 is 0 Å². The average molecular weight is 364 g/mol. The molecule has 0 saturated carbocycles. The quantitative estimate of drug-likeness (QED) is 0.544. The van der Waals surface area contributed by atoms with Gasteiger partial charge >= 0.3 is 0 Å². The number of hydrogen-bond acceptors (Lipinski definition) is 2. The molecule has 0 amide bonds. The molecule has 0 radical (unpaired) electrons. The molecule has 2 nitrogen and oxygen atoms in total. The van der Waals surface area contributed by atoms with Gasteiger partial charge in [0, 0.05) is 28.0 Å². The zero-order valence-electron chi connectivity index (χ0n) is 13.9. The summed E-state index contributed by atoms with van der Waals surface area (Å²) in [5.41, 5.74) is 2.61. The minimum Gasteiger partial charge on any atom is -0.384 e. The molecular weight excluding hydrogens is 341 g/mol. The first kappa shape index (κ1) is 19.0. The number of aliphatic hydroxyl groups excluding tert-OH is 1. The lowest BCUT2D eigenvalue weighted by Gasteiger charge is -2.17. The number of pyridine rings is 1. The number of hydrogen-bond donors (Lipinski definition) is 1. The van der Waals surface area contributed by atoms with Crippen molar-refractivity contribution in [1.82, 2.24) is 4.98 Å². The van der Waals surface area contributed by atoms with Crippen molar-refractivity contribution < 1.29 is 5.11 Å². The smallest absolute Gasteiger partial charge is 0.102 e. The zero-order valence-corrected chi connectivity index (χ0v) is 15.4. The van der Waals surface area contributed by atoms with Crippen LogP contribution in [0.1, 0.15) is 56.3 Å². The van der Waals surface area contributed by atoms with Gasteiger partial charge in [-0.2, -0.15) is 0 Å². The van der Waals surface area contributed by atoms with E-state index in [0.29, 0.717) is 15.6 Å². The molecule has 0 aliphatic heterocycles. The lowest BCUT2D eigenvalue weighted by Crippen LogP contribution is -2.03. The predicted octanol–water partition coefficient (Wildman–Crippen LogP) is 6.48. The monoisotopic (exact) mass is 363 g/mol. The maximum absolute atomic E-state index is 10.9. The Morgan fingerprint density at radius 1 is 1.21 bits per heavy atom. The van der Waals surface area contributed by atoms with Crippen LogP contribution in [0.2, 0.25) is 10.0 Å². The Kier molecular flexibility index (Phi) is 7.77. The summed E-state index contributed by atoms with van der Waals surface area (Å²) in [4.78, 5) is 4.14. The molecule has 128 valence electrons. The SMILES string of the molecule is CCCCCC/C(=C\c1cccnc1)C(O)c1ccc(Cl)cc1Cl. The van der Waals surface area contributed by atoms with Gasteiger partial charge in [-0.15, -0.1) is 0 Å². The van der Waals surface area contributed by atoms with Gasteiger partial charge in [0.15, 0.2) is 0 Å². The minimum atomic E-state index is -0.739. The normalized spacial score (nSPS) is 13.1. The highest BCUT2D eigenvalue weighted by molar-refractivity contribution is 6.35. The van der Waals surface area contributed by atoms with Crippen LogP contribution in [0.3, 0.4) is 0 Å². The van der Waals surface area contributed by atoms with Gasteiger partial charge in [-0.1, -0.05) is 67.6 Å². The van der Waals surface area contributed by atoms with Gasteiger partial charge in [0.25, 0.3) is 0 Å². The lowest BCUT2D eigenvalue weighted by molar-refractivity contribution is 0.212. The van der Waals surface area contributed by atoms with E-state index in [1.54, 1.807) is 30.6 Å². The summed E-state index contributed by atoms with van der Waals surface area (Å²) >= 11 is 12.2. The van der Waals surface area contributed by atoms with Gasteiger partial charge in [-0.25, -0.2) is 0 Å². The number of nitrogens with zero attached hydrogens (tertiary/aromatic N) is 1. The third-order valence-corrected chi connectivity index (χ3v) is 4.53. The molecule has 1 atom stereocenters. The van der Waals surface area contributed by atoms with Crippen molar-refractivity contribution in [2.24, 2.45) is 0 Å². The Morgan fingerprint density at radius 3 is 2.71 bits per heavy atom. The largest absolute Gasteiger partial charge is 0.384 e. The van der Waals surface area contributed by atoms with Crippen LogP contribution in [0.25, 0.3) is 6.08 Å². The molecule has 2 rings (SSSR count). The molecule has 0 aliphatic rings. The van der Waals surface area contributed by atoms with Crippen LogP contribution in [0.15, 0.2) is 48.3 Å². The lowest BCUT2D eigenvalue weighted by atomic mass is 9.95. The Balaban J connectivity index is 2.25. The van der Waals surface area contributed by atoms with E-state index in [1.165, 1.54) is 12.8 Å². The molecule has 0 bridgehead atoms. The molecule has 0 spiro atoms. The second-order valence-electron chi connectivity index (χ2n) is 5.88. The Hall–Kier alpha value is -1.35. The van der Waals surface area contributed by atoms with Crippen LogP contribution in [-0.2, 0) is 0 Å². The third-order valence-electron chi connectivity index (χ3n) is 3.96. The highest BCUT2D eigenvalue weighted by Crippen LogP contribution is 2.33. The van der Waals surface area contributed by atoms with E-state index in [2.05, 4.69) is 11.9 Å². The molecule has 1 N–H and O–H groups in total. The van der Waals surface area contributed by atoms with Crippen molar-refractivity contribution in [3.05, 3.63) is 69.5 Å². The van der Waals surface area contributed by atoms with Crippen LogP contribution in [0.4, 0.5) is 0 Å². The van der Waals surface area contributed by atoms with Crippen molar-refractivity contribution in [3.8, 4) is 0 Å². The standard InChI is InChI=1S/C20H23Cl2NO/c1-2-3-4-5-8-16(12-15-7-6-11-23-14-15)20(24)18-10-9-17(21)13-19(18)22/h6-7,9-14,20,24H,2-5,8H2,1H3/b16-12+. The summed E-state index contributed by atoms with van der Waals surface area (Å²) in [7, 11) is 0. The van der Waals surface area contributed by atoms with Crippen LogP contribution in [-0.4, -0.2) is 10.1 Å². The molecule has 1 aromatic heterocycles. The second-order valence-corrected chi connectivity index (χ2v) is 6.73. The van der Waals surface area contributed by atoms with Crippen LogP contribution in [0.5, 0.6) is 0 Å². The van der Waals surface area contributed by atoms with E-state index >= 15 is 0 Å². The number of halogens is 2. The first-order valence-corrected chi connectivity index (χ1v) is 9.11. The van der Waals surface area contributed by atoms with Crippen molar-refractivity contribution in [2.45, 2.75) is 45.1 Å². The van der Waals surface area contributed by atoms with E-state index in [0.717, 1.165) is 30.4 Å². The van der Waals surface area contributed by atoms with E-state index in [-0.39, 0.29) is 0 Å². The van der Waals surface area contributed by atoms with Crippen molar-refractivity contribution >= 4 is 29.3 Å². The van der Waals surface area contributed by atoms with E-state index in [4.69, 9.17) is 23.2 Å². The molecule has 2 aromatic rings. The first-order valence-electron chi connectivity index (χ1n) is 8.35. The molecule has 1 heterocycles. The molecule has 1 aromatic carbocycles. The van der Waals surface area contributed by atoms with Crippen molar-refractivity contribution in [1.29, 1.82) is 0 Å². The van der Waals surface area contributed by atoms with E-state index in [1.807, 2.05) is 18.2 Å². The predicted molar refractivity (Wildman–Crippen MR) is 102 cm³/mol. The first-order chi connectivity index (χ1) is 11.6. The highest BCUT2D eigenvalue weighted by atomic mass is 35.5. The molecule has 1 unspecified atom stereocenters. The molecule has 0 fully saturated rings. The average Bonchev–Trinajstić information content (AvgIpc) is 2.58. The summed E-state index contributed by atoms with van der Waals surface area (Å²) in [5, 5.41) is 11.9. The number of benzene rings is 1. The summed E-state index contributed by atoms with van der Waals surface area (Å²) in [6, 6.07) is 9.08. The van der Waals surface area contributed by atoms with E-state index in [9.17, 15) is 5.11 Å². The number of rotatable bonds is 8. The Bertz CT molecular complexity index is 671. The topological polar surface area (TPSA) is 33.1 Å². The molecule has 4 heteroatoms. The number of aromatic nitrogens is 1. The molecule has 24 heavy (non-hydrogen) atoms. The number of unbranched alkanes of at least 4 members (excludes halogenated alkanes) is 3. The van der Waals surface area contributed by atoms with Crippen LogP contribution in [0, 0.1) is 0 Å². The van der Waals surface area contributed by atoms with Gasteiger partial charge in [0.05, 0.1) is 0 Å². The van der Waals surface area contributed by atoms with Crippen molar-refractivity contribution in [2.75, 3.05) is 0 Å². The van der Waals surface area contributed by atoms with Gasteiger partial charge in [-0.05, 0) is 42.2 Å². The minimum absolute atomic E-state index is 0.487. The fraction of sp³-hybridized carbons (Fsp3) is 0.350. The maximum Gasteiger partial charge on any atom is 0.102 e. The summed E-state index contributed by atoms with van der Waals surface area (Å²) in [6.07, 6.45) is 10.2. The summed E-state index contributed by atoms with van der Waals surface area (Å²) < 4.78 is 0. The second kappa shape index (κ2) is 9.83. The maximum atomic E-state index is 10.9. The summed E-state index contributed by atoms with van der Waals surface area (Å²) in [6.45, 7) is 2.19. The van der Waals surface area contributed by atoms with Crippen molar-refractivity contribution in [3.63, 3.8) is 0 Å². The van der Waals surface area contributed by atoms with Gasteiger partial charge in [0.1, 0.15) is 6.10 Å². The fourth-order valence-electron chi connectivity index (χ4n) is 2.64. The Labute approximate surface area is 154 Å². The molecular formula is C20H23Cl2NO. The molecule has 0 aliphatic carbocycles. The van der Waals surface area contributed by atoms with Gasteiger partial charge < -0.3 is 5.11 Å².